The fraction of sp³-hybridized carbons (Fsp3) is 0.0667. The molecule has 0 saturated heterocycles. The molecule has 0 radical (unpaired) electrons. The summed E-state index contributed by atoms with van der Waals surface area (Å²) in [6.07, 6.45) is 0. The van der Waals surface area contributed by atoms with E-state index in [-0.39, 0.29) is 11.0 Å². The van der Waals surface area contributed by atoms with E-state index in [9.17, 15) is 4.79 Å². The molecule has 0 saturated carbocycles. The van der Waals surface area contributed by atoms with Gasteiger partial charge in [-0.1, -0.05) is 23.8 Å². The molecule has 0 bridgehead atoms. The Balaban J connectivity index is 2.11. The van der Waals surface area contributed by atoms with Crippen LogP contribution in [0.15, 0.2) is 48.5 Å². The van der Waals surface area contributed by atoms with Crippen molar-refractivity contribution in [2.45, 2.75) is 6.92 Å². The van der Waals surface area contributed by atoms with E-state index in [1.54, 1.807) is 24.3 Å². The monoisotopic (exact) mass is 285 g/mol. The second-order valence-electron chi connectivity index (χ2n) is 4.39. The summed E-state index contributed by atoms with van der Waals surface area (Å²) in [7, 11) is 0. The third kappa shape index (κ3) is 3.80. The Labute approximate surface area is 123 Å². The van der Waals surface area contributed by atoms with Crippen LogP contribution in [0, 0.1) is 6.92 Å². The van der Waals surface area contributed by atoms with Gasteiger partial charge in [0.2, 0.25) is 0 Å². The lowest BCUT2D eigenvalue weighted by Crippen LogP contribution is -2.19. The maximum atomic E-state index is 12.1. The van der Waals surface area contributed by atoms with E-state index >= 15 is 0 Å². The molecule has 4 nitrogen and oxygen atoms in total. The van der Waals surface area contributed by atoms with Crippen molar-refractivity contribution < 1.29 is 4.79 Å². The van der Waals surface area contributed by atoms with Gasteiger partial charge in [0, 0.05) is 16.9 Å². The zero-order chi connectivity index (χ0) is 14.5. The molecule has 2 rings (SSSR count). The number of thiocarbonyl (C=S) groups is 1. The summed E-state index contributed by atoms with van der Waals surface area (Å²) in [6.45, 7) is 1.98. The molecule has 0 aliphatic rings. The average Bonchev–Trinajstić information content (AvgIpc) is 2.39. The molecule has 0 fully saturated rings. The van der Waals surface area contributed by atoms with E-state index in [1.807, 2.05) is 31.2 Å². The predicted molar refractivity (Wildman–Crippen MR) is 86.0 cm³/mol. The summed E-state index contributed by atoms with van der Waals surface area (Å²) in [5, 5.41) is 5.84. The lowest BCUT2D eigenvalue weighted by Gasteiger charge is -2.08. The average molecular weight is 285 g/mol. The zero-order valence-electron chi connectivity index (χ0n) is 11.0. The van der Waals surface area contributed by atoms with E-state index < -0.39 is 0 Å². The highest BCUT2D eigenvalue weighted by atomic mass is 32.1. The van der Waals surface area contributed by atoms with Crippen LogP contribution in [-0.4, -0.2) is 11.0 Å². The van der Waals surface area contributed by atoms with Gasteiger partial charge in [0.15, 0.2) is 5.11 Å². The van der Waals surface area contributed by atoms with Gasteiger partial charge >= 0.3 is 0 Å². The Morgan fingerprint density at radius 2 is 1.65 bits per heavy atom. The SMILES string of the molecule is Cc1ccc(C(=O)Nc2cccc(NC(N)=S)c2)cc1. The highest BCUT2D eigenvalue weighted by Crippen LogP contribution is 2.16. The summed E-state index contributed by atoms with van der Waals surface area (Å²) in [4.78, 5) is 12.1. The van der Waals surface area contributed by atoms with Crippen LogP contribution >= 0.6 is 12.2 Å². The van der Waals surface area contributed by atoms with E-state index in [4.69, 9.17) is 18.0 Å². The quantitative estimate of drug-likeness (QED) is 0.759. The van der Waals surface area contributed by atoms with Crippen molar-refractivity contribution >= 4 is 34.6 Å². The molecule has 4 N–H and O–H groups in total. The lowest BCUT2D eigenvalue weighted by molar-refractivity contribution is 0.102. The van der Waals surface area contributed by atoms with Crippen LogP contribution in [0.5, 0.6) is 0 Å². The highest BCUT2D eigenvalue weighted by molar-refractivity contribution is 7.80. The number of carbonyl (C=O) groups is 1. The summed E-state index contributed by atoms with van der Waals surface area (Å²) >= 11 is 4.78. The Morgan fingerprint density at radius 1 is 1.05 bits per heavy atom. The largest absolute Gasteiger partial charge is 0.376 e. The molecular weight excluding hydrogens is 270 g/mol. The maximum Gasteiger partial charge on any atom is 0.255 e. The van der Waals surface area contributed by atoms with Gasteiger partial charge in [-0.15, -0.1) is 0 Å². The Kier molecular flexibility index (Phi) is 4.32. The fourth-order valence-corrected chi connectivity index (χ4v) is 1.84. The van der Waals surface area contributed by atoms with Crippen LogP contribution in [0.25, 0.3) is 0 Å². The number of nitrogens with one attached hydrogen (secondary N) is 2. The maximum absolute atomic E-state index is 12.1. The molecule has 0 atom stereocenters. The van der Waals surface area contributed by atoms with Crippen molar-refractivity contribution in [1.29, 1.82) is 0 Å². The molecule has 0 unspecified atom stereocenters. The van der Waals surface area contributed by atoms with Crippen molar-refractivity contribution in [2.75, 3.05) is 10.6 Å². The Morgan fingerprint density at radius 3 is 2.25 bits per heavy atom. The van der Waals surface area contributed by atoms with E-state index in [0.29, 0.717) is 11.3 Å². The molecule has 1 amide bonds. The number of nitrogens with two attached hydrogens (primary N) is 1. The van der Waals surface area contributed by atoms with Gasteiger partial charge in [0.25, 0.3) is 5.91 Å². The van der Waals surface area contributed by atoms with Gasteiger partial charge in [0.05, 0.1) is 0 Å². The highest BCUT2D eigenvalue weighted by Gasteiger charge is 2.06. The van der Waals surface area contributed by atoms with Crippen molar-refractivity contribution in [3.8, 4) is 0 Å². The normalized spacial score (nSPS) is 9.85. The van der Waals surface area contributed by atoms with E-state index in [1.165, 1.54) is 0 Å². The first-order valence-electron chi connectivity index (χ1n) is 6.09. The first kappa shape index (κ1) is 14.0. The molecule has 2 aromatic rings. The summed E-state index contributed by atoms with van der Waals surface area (Å²) < 4.78 is 0. The zero-order valence-corrected chi connectivity index (χ0v) is 11.8. The number of amides is 1. The van der Waals surface area contributed by atoms with Crippen molar-refractivity contribution in [2.24, 2.45) is 5.73 Å². The molecule has 2 aromatic carbocycles. The molecule has 20 heavy (non-hydrogen) atoms. The molecule has 0 aromatic heterocycles. The second-order valence-corrected chi connectivity index (χ2v) is 4.83. The topological polar surface area (TPSA) is 67.2 Å². The van der Waals surface area contributed by atoms with Crippen molar-refractivity contribution in [3.63, 3.8) is 0 Å². The number of hydrogen-bond donors (Lipinski definition) is 3. The predicted octanol–water partition coefficient (Wildman–Crippen LogP) is 2.90. The third-order valence-corrected chi connectivity index (χ3v) is 2.80. The van der Waals surface area contributed by atoms with Crippen molar-refractivity contribution in [1.82, 2.24) is 0 Å². The molecule has 0 spiro atoms. The van der Waals surface area contributed by atoms with E-state index in [0.717, 1.165) is 11.3 Å². The van der Waals surface area contributed by atoms with Crippen LogP contribution in [0.3, 0.4) is 0 Å². The lowest BCUT2D eigenvalue weighted by atomic mass is 10.1. The molecule has 0 aliphatic carbocycles. The number of aryl methyl sites for hydroxylation is 1. The standard InChI is InChI=1S/C15H15N3OS/c1-10-5-7-11(8-6-10)14(19)17-12-3-2-4-13(9-12)18-15(16)20/h2-9H,1H3,(H,17,19)(H3,16,18,20). The van der Waals surface area contributed by atoms with Gasteiger partial charge in [-0.25, -0.2) is 0 Å². The van der Waals surface area contributed by atoms with Gasteiger partial charge in [-0.3, -0.25) is 4.79 Å². The summed E-state index contributed by atoms with van der Waals surface area (Å²) in [5.41, 5.74) is 8.56. The number of carbonyl (C=O) groups excluding carboxylic acids is 1. The Bertz CT molecular complexity index is 638. The first-order chi connectivity index (χ1) is 9.54. The molecule has 0 aliphatic heterocycles. The van der Waals surface area contributed by atoms with Crippen LogP contribution in [0.2, 0.25) is 0 Å². The minimum Gasteiger partial charge on any atom is -0.376 e. The minimum absolute atomic E-state index is 0.155. The number of hydrogen-bond acceptors (Lipinski definition) is 2. The van der Waals surface area contributed by atoms with Gasteiger partial charge in [0.1, 0.15) is 0 Å². The summed E-state index contributed by atoms with van der Waals surface area (Å²) in [6, 6.07) is 14.6. The van der Waals surface area contributed by atoms with Crippen LogP contribution in [0.1, 0.15) is 15.9 Å². The van der Waals surface area contributed by atoms with Crippen molar-refractivity contribution in [3.05, 3.63) is 59.7 Å². The molecule has 102 valence electrons. The molecular formula is C15H15N3OS. The number of benzene rings is 2. The minimum atomic E-state index is -0.155. The van der Waals surface area contributed by atoms with Crippen LogP contribution < -0.4 is 16.4 Å². The third-order valence-electron chi connectivity index (χ3n) is 2.70. The van der Waals surface area contributed by atoms with Gasteiger partial charge in [-0.2, -0.15) is 0 Å². The smallest absolute Gasteiger partial charge is 0.255 e. The van der Waals surface area contributed by atoms with Gasteiger partial charge < -0.3 is 16.4 Å². The first-order valence-corrected chi connectivity index (χ1v) is 6.50. The number of anilines is 2. The Hall–Kier alpha value is -2.40. The summed E-state index contributed by atoms with van der Waals surface area (Å²) in [5.74, 6) is -0.155. The second kappa shape index (κ2) is 6.16. The van der Waals surface area contributed by atoms with Crippen LogP contribution in [-0.2, 0) is 0 Å². The van der Waals surface area contributed by atoms with Crippen LogP contribution in [0.4, 0.5) is 11.4 Å². The molecule has 0 heterocycles. The fourth-order valence-electron chi connectivity index (χ4n) is 1.73. The van der Waals surface area contributed by atoms with Gasteiger partial charge in [-0.05, 0) is 49.5 Å². The number of rotatable bonds is 3. The molecule has 5 heteroatoms. The van der Waals surface area contributed by atoms with E-state index in [2.05, 4.69) is 10.6 Å².